The van der Waals surface area contributed by atoms with Crippen molar-refractivity contribution in [2.45, 2.75) is 38.0 Å². The van der Waals surface area contributed by atoms with Gasteiger partial charge in [-0.15, -0.1) is 0 Å². The van der Waals surface area contributed by atoms with Gasteiger partial charge in [0.2, 0.25) is 5.91 Å². The third-order valence-corrected chi connectivity index (χ3v) is 5.65. The van der Waals surface area contributed by atoms with E-state index in [1.807, 2.05) is 12.1 Å². The average Bonchev–Trinajstić information content (AvgIpc) is 2.80. The smallest absolute Gasteiger partial charge is 0.337 e. The number of benzene rings is 1. The van der Waals surface area contributed by atoms with E-state index in [2.05, 4.69) is 10.3 Å². The number of rotatable bonds is 5. The number of nitrogens with one attached hydrogen (secondary N) is 1. The Morgan fingerprint density at radius 2 is 1.80 bits per heavy atom. The predicted octanol–water partition coefficient (Wildman–Crippen LogP) is 1.95. The van der Waals surface area contributed by atoms with Crippen LogP contribution in [0, 0.1) is 0 Å². The molecule has 1 aromatic carbocycles. The topological polar surface area (TPSA) is 91.8 Å². The fraction of sp³-hybridized carbons (Fsp3) is 0.364. The number of piperidine rings is 1. The summed E-state index contributed by atoms with van der Waals surface area (Å²) in [4.78, 5) is 45.2. The van der Waals surface area contributed by atoms with Gasteiger partial charge in [0.25, 0.3) is 0 Å². The summed E-state index contributed by atoms with van der Waals surface area (Å²) in [6, 6.07) is 9.72. The van der Waals surface area contributed by atoms with Crippen LogP contribution in [0.25, 0.3) is 0 Å². The zero-order chi connectivity index (χ0) is 21.1. The molecule has 0 bridgehead atoms. The molecule has 0 radical (unpaired) electrons. The van der Waals surface area contributed by atoms with Gasteiger partial charge >= 0.3 is 12.0 Å². The maximum absolute atomic E-state index is 13.3. The minimum atomic E-state index is -0.410. The molecule has 2 fully saturated rings. The second kappa shape index (κ2) is 8.62. The number of amides is 3. The number of imide groups is 1. The van der Waals surface area contributed by atoms with Gasteiger partial charge in [-0.2, -0.15) is 0 Å². The lowest BCUT2D eigenvalue weighted by Gasteiger charge is -2.47. The number of carbonyl (C=O) groups excluding carboxylic acids is 3. The Balaban J connectivity index is 1.58. The molecular formula is C22H24N4O4. The van der Waals surface area contributed by atoms with Crippen molar-refractivity contribution in [2.75, 3.05) is 13.7 Å². The SMILES string of the molecule is COC(=O)c1ccc(CN2C(=O)N(Cc3ccncc3)C(=O)C3NCCCC32)cc1. The Morgan fingerprint density at radius 3 is 2.50 bits per heavy atom. The van der Waals surface area contributed by atoms with Crippen molar-refractivity contribution in [3.8, 4) is 0 Å². The van der Waals surface area contributed by atoms with Gasteiger partial charge in [-0.05, 0) is 54.8 Å². The number of fused-ring (bicyclic) bond motifs is 1. The van der Waals surface area contributed by atoms with Crippen LogP contribution in [0.1, 0.15) is 34.3 Å². The molecule has 2 unspecified atom stereocenters. The first-order valence-corrected chi connectivity index (χ1v) is 10.00. The van der Waals surface area contributed by atoms with E-state index >= 15 is 0 Å². The summed E-state index contributed by atoms with van der Waals surface area (Å²) in [6.45, 7) is 1.33. The van der Waals surface area contributed by atoms with E-state index in [9.17, 15) is 14.4 Å². The molecule has 2 saturated heterocycles. The minimum absolute atomic E-state index is 0.182. The summed E-state index contributed by atoms with van der Waals surface area (Å²) in [5.41, 5.74) is 2.19. The average molecular weight is 408 g/mol. The highest BCUT2D eigenvalue weighted by Gasteiger charge is 2.46. The van der Waals surface area contributed by atoms with Crippen molar-refractivity contribution in [3.05, 3.63) is 65.5 Å². The van der Waals surface area contributed by atoms with E-state index in [0.717, 1.165) is 30.5 Å². The van der Waals surface area contributed by atoms with Crippen LogP contribution in [0.2, 0.25) is 0 Å². The van der Waals surface area contributed by atoms with Gasteiger partial charge in [0.1, 0.15) is 6.04 Å². The highest BCUT2D eigenvalue weighted by atomic mass is 16.5. The predicted molar refractivity (Wildman–Crippen MR) is 108 cm³/mol. The number of aromatic nitrogens is 1. The molecule has 0 spiro atoms. The summed E-state index contributed by atoms with van der Waals surface area (Å²) < 4.78 is 4.74. The lowest BCUT2D eigenvalue weighted by molar-refractivity contribution is -0.137. The van der Waals surface area contributed by atoms with E-state index < -0.39 is 12.0 Å². The first-order chi connectivity index (χ1) is 14.6. The number of pyridine rings is 1. The Hall–Kier alpha value is -3.26. The lowest BCUT2D eigenvalue weighted by Crippen LogP contribution is -2.68. The van der Waals surface area contributed by atoms with Crippen molar-refractivity contribution in [1.82, 2.24) is 20.1 Å². The van der Waals surface area contributed by atoms with Crippen LogP contribution in [0.15, 0.2) is 48.8 Å². The van der Waals surface area contributed by atoms with Gasteiger partial charge in [0.05, 0.1) is 25.3 Å². The number of methoxy groups -OCH3 is 1. The molecule has 8 nitrogen and oxygen atoms in total. The largest absolute Gasteiger partial charge is 0.465 e. The fourth-order valence-electron chi connectivity index (χ4n) is 4.08. The second-order valence-electron chi connectivity index (χ2n) is 7.52. The van der Waals surface area contributed by atoms with Crippen LogP contribution in [0.5, 0.6) is 0 Å². The Labute approximate surface area is 174 Å². The molecule has 3 amide bonds. The molecule has 0 saturated carbocycles. The fourth-order valence-corrected chi connectivity index (χ4v) is 4.08. The van der Waals surface area contributed by atoms with Crippen LogP contribution in [0.4, 0.5) is 4.79 Å². The van der Waals surface area contributed by atoms with Crippen LogP contribution in [-0.2, 0) is 22.6 Å². The first-order valence-electron chi connectivity index (χ1n) is 10.00. The van der Waals surface area contributed by atoms with Crippen molar-refractivity contribution in [3.63, 3.8) is 0 Å². The van der Waals surface area contributed by atoms with E-state index in [-0.39, 0.29) is 24.5 Å². The highest BCUT2D eigenvalue weighted by molar-refractivity contribution is 6.00. The third-order valence-electron chi connectivity index (χ3n) is 5.65. The van der Waals surface area contributed by atoms with Gasteiger partial charge in [-0.3, -0.25) is 14.7 Å². The normalized spacial score (nSPS) is 21.4. The molecule has 2 aliphatic heterocycles. The Bertz CT molecular complexity index is 932. The quantitative estimate of drug-likeness (QED) is 0.761. The van der Waals surface area contributed by atoms with Crippen LogP contribution < -0.4 is 5.32 Å². The third kappa shape index (κ3) is 3.91. The number of carbonyl (C=O) groups is 3. The van der Waals surface area contributed by atoms with Crippen molar-refractivity contribution < 1.29 is 19.1 Å². The van der Waals surface area contributed by atoms with E-state index in [4.69, 9.17) is 4.74 Å². The number of esters is 1. The maximum atomic E-state index is 13.3. The summed E-state index contributed by atoms with van der Waals surface area (Å²) >= 11 is 0. The first kappa shape index (κ1) is 20.0. The standard InChI is InChI=1S/C22H24N4O4/c1-30-21(28)17-6-4-15(5-7-17)13-25-18-3-2-10-24-19(18)20(27)26(22(25)29)14-16-8-11-23-12-9-16/h4-9,11-12,18-19,24H,2-3,10,13-14H2,1H3. The van der Waals surface area contributed by atoms with Gasteiger partial charge in [0, 0.05) is 18.9 Å². The maximum Gasteiger partial charge on any atom is 0.337 e. The lowest BCUT2D eigenvalue weighted by atomic mass is 9.92. The number of ether oxygens (including phenoxy) is 1. The molecule has 1 N–H and O–H groups in total. The zero-order valence-corrected chi connectivity index (χ0v) is 16.8. The number of hydrogen-bond donors (Lipinski definition) is 1. The van der Waals surface area contributed by atoms with Gasteiger partial charge < -0.3 is 15.0 Å². The summed E-state index contributed by atoms with van der Waals surface area (Å²) in [6.07, 6.45) is 4.98. The molecule has 0 aliphatic carbocycles. The number of urea groups is 1. The van der Waals surface area contributed by atoms with Crippen LogP contribution >= 0.6 is 0 Å². The second-order valence-corrected chi connectivity index (χ2v) is 7.52. The van der Waals surface area contributed by atoms with Gasteiger partial charge in [-0.1, -0.05) is 12.1 Å². The molecular weight excluding hydrogens is 384 g/mol. The molecule has 2 atom stereocenters. The molecule has 1 aromatic heterocycles. The zero-order valence-electron chi connectivity index (χ0n) is 16.8. The molecule has 156 valence electrons. The monoisotopic (exact) mass is 408 g/mol. The van der Waals surface area contributed by atoms with E-state index in [1.165, 1.54) is 12.0 Å². The highest BCUT2D eigenvalue weighted by Crippen LogP contribution is 2.27. The molecule has 4 rings (SSSR count). The van der Waals surface area contributed by atoms with E-state index in [0.29, 0.717) is 12.1 Å². The molecule has 2 aromatic rings. The van der Waals surface area contributed by atoms with Crippen molar-refractivity contribution >= 4 is 17.9 Å². The molecule has 30 heavy (non-hydrogen) atoms. The summed E-state index contributed by atoms with van der Waals surface area (Å²) in [7, 11) is 1.34. The summed E-state index contributed by atoms with van der Waals surface area (Å²) in [5, 5.41) is 3.30. The summed E-state index contributed by atoms with van der Waals surface area (Å²) in [5.74, 6) is -0.583. The molecule has 8 heteroatoms. The van der Waals surface area contributed by atoms with Crippen molar-refractivity contribution in [1.29, 1.82) is 0 Å². The Morgan fingerprint density at radius 1 is 1.10 bits per heavy atom. The molecule has 3 heterocycles. The number of nitrogens with zero attached hydrogens (tertiary/aromatic N) is 3. The van der Waals surface area contributed by atoms with Gasteiger partial charge in [0.15, 0.2) is 0 Å². The van der Waals surface area contributed by atoms with Crippen LogP contribution in [-0.4, -0.2) is 58.4 Å². The Kier molecular flexibility index (Phi) is 5.76. The van der Waals surface area contributed by atoms with E-state index in [1.54, 1.807) is 41.6 Å². The van der Waals surface area contributed by atoms with Crippen molar-refractivity contribution in [2.24, 2.45) is 0 Å². The number of hydrogen-bond acceptors (Lipinski definition) is 6. The molecule has 2 aliphatic rings. The van der Waals surface area contributed by atoms with Crippen LogP contribution in [0.3, 0.4) is 0 Å². The van der Waals surface area contributed by atoms with Gasteiger partial charge in [-0.25, -0.2) is 9.59 Å². The minimum Gasteiger partial charge on any atom is -0.465 e.